The Bertz CT molecular complexity index is 414. The summed E-state index contributed by atoms with van der Waals surface area (Å²) in [5, 5.41) is 19.0. The molecule has 1 aromatic carbocycles. The van der Waals surface area contributed by atoms with Gasteiger partial charge in [0, 0.05) is 4.47 Å². The fraction of sp³-hybridized carbons (Fsp3) is 0.308. The maximum atomic E-state index is 11.2. The molecule has 2 atom stereocenters. The summed E-state index contributed by atoms with van der Waals surface area (Å²) < 4.78 is 5.55. The average Bonchev–Trinajstić information content (AvgIpc) is 2.37. The van der Waals surface area contributed by atoms with E-state index >= 15 is 0 Å². The SMILES string of the molecule is CCOC(=O)[C@H](O)[C@@H](O)/C=C/c1ccc(Br)cc1. The van der Waals surface area contributed by atoms with Crippen molar-refractivity contribution in [1.29, 1.82) is 0 Å². The molecule has 5 heteroatoms. The number of carbonyl (C=O) groups is 1. The van der Waals surface area contributed by atoms with Crippen LogP contribution in [-0.2, 0) is 9.53 Å². The van der Waals surface area contributed by atoms with Crippen LogP contribution < -0.4 is 0 Å². The van der Waals surface area contributed by atoms with Gasteiger partial charge in [-0.1, -0.05) is 40.2 Å². The highest BCUT2D eigenvalue weighted by atomic mass is 79.9. The standard InChI is InChI=1S/C13H15BrO4/c1-2-18-13(17)12(16)11(15)8-5-9-3-6-10(14)7-4-9/h3-8,11-12,15-16H,2H2,1H3/b8-5+/t11-,12+/m0/s1. The number of ether oxygens (including phenoxy) is 1. The van der Waals surface area contributed by atoms with E-state index in [2.05, 4.69) is 20.7 Å². The van der Waals surface area contributed by atoms with E-state index in [4.69, 9.17) is 0 Å². The van der Waals surface area contributed by atoms with Gasteiger partial charge < -0.3 is 14.9 Å². The Morgan fingerprint density at radius 3 is 2.56 bits per heavy atom. The van der Waals surface area contributed by atoms with Gasteiger partial charge >= 0.3 is 5.97 Å². The Hall–Kier alpha value is -1.17. The molecule has 2 N–H and O–H groups in total. The van der Waals surface area contributed by atoms with Gasteiger partial charge in [-0.3, -0.25) is 0 Å². The number of carbonyl (C=O) groups excluding carboxylic acids is 1. The molecular weight excluding hydrogens is 300 g/mol. The molecule has 18 heavy (non-hydrogen) atoms. The van der Waals surface area contributed by atoms with Crippen molar-refractivity contribution in [2.24, 2.45) is 0 Å². The lowest BCUT2D eigenvalue weighted by Gasteiger charge is -2.12. The molecule has 1 aromatic rings. The maximum absolute atomic E-state index is 11.2. The van der Waals surface area contributed by atoms with E-state index in [0.29, 0.717) is 0 Å². The molecule has 0 amide bonds. The topological polar surface area (TPSA) is 66.8 Å². The summed E-state index contributed by atoms with van der Waals surface area (Å²) in [4.78, 5) is 11.2. The Balaban J connectivity index is 2.60. The molecule has 0 saturated carbocycles. The number of esters is 1. The summed E-state index contributed by atoms with van der Waals surface area (Å²) in [5.74, 6) is -0.828. The van der Waals surface area contributed by atoms with Crippen molar-refractivity contribution in [1.82, 2.24) is 0 Å². The second-order valence-electron chi connectivity index (χ2n) is 3.60. The van der Waals surface area contributed by atoms with Crippen molar-refractivity contribution in [3.8, 4) is 0 Å². The molecule has 0 aliphatic rings. The average molecular weight is 315 g/mol. The van der Waals surface area contributed by atoms with Crippen LogP contribution in [0.4, 0.5) is 0 Å². The number of hydrogen-bond acceptors (Lipinski definition) is 4. The second-order valence-corrected chi connectivity index (χ2v) is 4.51. The van der Waals surface area contributed by atoms with Crippen LogP contribution in [0.25, 0.3) is 6.08 Å². The Morgan fingerprint density at radius 2 is 2.00 bits per heavy atom. The van der Waals surface area contributed by atoms with E-state index in [-0.39, 0.29) is 6.61 Å². The highest BCUT2D eigenvalue weighted by Gasteiger charge is 2.23. The number of aliphatic hydroxyl groups is 2. The van der Waals surface area contributed by atoms with Gasteiger partial charge in [-0.25, -0.2) is 4.79 Å². The summed E-state index contributed by atoms with van der Waals surface area (Å²) in [5.41, 5.74) is 0.855. The van der Waals surface area contributed by atoms with E-state index in [9.17, 15) is 15.0 Å². The van der Waals surface area contributed by atoms with Gasteiger partial charge in [0.2, 0.25) is 0 Å². The zero-order valence-corrected chi connectivity index (χ0v) is 11.5. The van der Waals surface area contributed by atoms with Crippen molar-refractivity contribution in [2.75, 3.05) is 6.61 Å². The van der Waals surface area contributed by atoms with Crippen LogP contribution in [0, 0.1) is 0 Å². The molecule has 0 heterocycles. The lowest BCUT2D eigenvalue weighted by molar-refractivity contribution is -0.157. The summed E-state index contributed by atoms with van der Waals surface area (Å²) in [7, 11) is 0. The van der Waals surface area contributed by atoms with E-state index in [1.54, 1.807) is 13.0 Å². The molecule has 0 bridgehead atoms. The van der Waals surface area contributed by atoms with Crippen molar-refractivity contribution in [2.45, 2.75) is 19.1 Å². The predicted octanol–water partition coefficient (Wildman–Crippen LogP) is 1.75. The van der Waals surface area contributed by atoms with Crippen LogP contribution in [0.2, 0.25) is 0 Å². The quantitative estimate of drug-likeness (QED) is 0.813. The monoisotopic (exact) mass is 314 g/mol. The summed E-state index contributed by atoms with van der Waals surface area (Å²) in [6.07, 6.45) is 0.133. The molecule has 0 spiro atoms. The molecule has 0 radical (unpaired) electrons. The van der Waals surface area contributed by atoms with Crippen molar-refractivity contribution >= 4 is 28.0 Å². The smallest absolute Gasteiger partial charge is 0.338 e. The molecule has 0 aliphatic heterocycles. The van der Waals surface area contributed by atoms with E-state index in [1.807, 2.05) is 24.3 Å². The molecule has 0 aliphatic carbocycles. The Labute approximate surface area is 114 Å². The number of halogens is 1. The van der Waals surface area contributed by atoms with Gasteiger partial charge in [-0.2, -0.15) is 0 Å². The Morgan fingerprint density at radius 1 is 1.39 bits per heavy atom. The first-order valence-corrected chi connectivity index (χ1v) is 6.30. The minimum absolute atomic E-state index is 0.166. The molecular formula is C13H15BrO4. The third-order valence-electron chi connectivity index (χ3n) is 2.21. The van der Waals surface area contributed by atoms with Crippen LogP contribution >= 0.6 is 15.9 Å². The first kappa shape index (κ1) is 14.9. The van der Waals surface area contributed by atoms with Crippen LogP contribution in [-0.4, -0.2) is 35.0 Å². The van der Waals surface area contributed by atoms with Crippen LogP contribution in [0.1, 0.15) is 12.5 Å². The fourth-order valence-corrected chi connectivity index (χ4v) is 1.52. The minimum Gasteiger partial charge on any atom is -0.464 e. The minimum atomic E-state index is -1.56. The summed E-state index contributed by atoms with van der Waals surface area (Å²) in [6.45, 7) is 1.80. The van der Waals surface area contributed by atoms with Crippen molar-refractivity contribution in [3.63, 3.8) is 0 Å². The molecule has 98 valence electrons. The molecule has 0 unspecified atom stereocenters. The zero-order chi connectivity index (χ0) is 13.5. The van der Waals surface area contributed by atoms with Gasteiger partial charge in [-0.15, -0.1) is 0 Å². The highest BCUT2D eigenvalue weighted by Crippen LogP contribution is 2.12. The van der Waals surface area contributed by atoms with Gasteiger partial charge in [0.1, 0.15) is 6.10 Å². The summed E-state index contributed by atoms with van der Waals surface area (Å²) in [6, 6.07) is 7.38. The summed E-state index contributed by atoms with van der Waals surface area (Å²) >= 11 is 3.31. The van der Waals surface area contributed by atoms with E-state index < -0.39 is 18.2 Å². The van der Waals surface area contributed by atoms with E-state index in [1.165, 1.54) is 6.08 Å². The maximum Gasteiger partial charge on any atom is 0.338 e. The third kappa shape index (κ3) is 4.60. The molecule has 0 aromatic heterocycles. The first-order valence-electron chi connectivity index (χ1n) is 5.51. The van der Waals surface area contributed by atoms with Gasteiger partial charge in [0.05, 0.1) is 6.61 Å². The number of benzene rings is 1. The predicted molar refractivity (Wildman–Crippen MR) is 71.8 cm³/mol. The second kappa shape index (κ2) is 7.31. The Kier molecular flexibility index (Phi) is 6.04. The van der Waals surface area contributed by atoms with Crippen LogP contribution in [0.3, 0.4) is 0 Å². The van der Waals surface area contributed by atoms with Crippen LogP contribution in [0.5, 0.6) is 0 Å². The zero-order valence-electron chi connectivity index (χ0n) is 9.91. The number of rotatable bonds is 5. The fourth-order valence-electron chi connectivity index (χ4n) is 1.26. The normalized spacial score (nSPS) is 14.4. The largest absolute Gasteiger partial charge is 0.464 e. The lowest BCUT2D eigenvalue weighted by Crippen LogP contribution is -2.34. The van der Waals surface area contributed by atoms with Gasteiger partial charge in [0.25, 0.3) is 0 Å². The molecule has 4 nitrogen and oxygen atoms in total. The molecule has 1 rings (SSSR count). The van der Waals surface area contributed by atoms with Gasteiger partial charge in [-0.05, 0) is 24.6 Å². The highest BCUT2D eigenvalue weighted by molar-refractivity contribution is 9.10. The van der Waals surface area contributed by atoms with Crippen molar-refractivity contribution < 1.29 is 19.7 Å². The number of hydrogen-bond donors (Lipinski definition) is 2. The third-order valence-corrected chi connectivity index (χ3v) is 2.74. The van der Waals surface area contributed by atoms with E-state index in [0.717, 1.165) is 10.0 Å². The first-order chi connectivity index (χ1) is 8.54. The molecule has 0 saturated heterocycles. The number of aliphatic hydroxyl groups excluding tert-OH is 2. The van der Waals surface area contributed by atoms with Gasteiger partial charge in [0.15, 0.2) is 6.10 Å². The van der Waals surface area contributed by atoms with Crippen LogP contribution in [0.15, 0.2) is 34.8 Å². The lowest BCUT2D eigenvalue weighted by atomic mass is 10.1. The molecule has 0 fully saturated rings. The van der Waals surface area contributed by atoms with Crippen molar-refractivity contribution in [3.05, 3.63) is 40.4 Å².